The molecule has 0 saturated carbocycles. The molecule has 0 saturated heterocycles. The van der Waals surface area contributed by atoms with Gasteiger partial charge in [-0.05, 0) is 6.07 Å². The Balaban J connectivity index is 2.04. The summed E-state index contributed by atoms with van der Waals surface area (Å²) in [6.07, 6.45) is 5.26. The first-order valence-electron chi connectivity index (χ1n) is 6.29. The van der Waals surface area contributed by atoms with Gasteiger partial charge in [0.1, 0.15) is 5.82 Å². The van der Waals surface area contributed by atoms with Crippen LogP contribution < -0.4 is 10.5 Å². The predicted octanol–water partition coefficient (Wildman–Crippen LogP) is 1.53. The van der Waals surface area contributed by atoms with Crippen LogP contribution in [0.15, 0.2) is 36.8 Å². The molecule has 0 amide bonds. The fraction of sp³-hybridized carbons (Fsp3) is 0.143. The van der Waals surface area contributed by atoms with Gasteiger partial charge >= 0.3 is 0 Å². The maximum absolute atomic E-state index is 5.87. The molecule has 3 aromatic rings. The number of aryl methyl sites for hydroxylation is 1. The first-order valence-corrected chi connectivity index (χ1v) is 6.29. The number of hydrogen-bond donors (Lipinski definition) is 1. The minimum absolute atomic E-state index is 0.398. The SMILES string of the molecule is COc1ccc(-c2nc(N)cc(-c3cnn(C)c3)n2)cn1. The van der Waals surface area contributed by atoms with E-state index in [1.165, 1.54) is 0 Å². The lowest BCUT2D eigenvalue weighted by atomic mass is 10.2. The lowest BCUT2D eigenvalue weighted by Crippen LogP contribution is -1.98. The van der Waals surface area contributed by atoms with Crippen molar-refractivity contribution in [2.45, 2.75) is 0 Å². The predicted molar refractivity (Wildman–Crippen MR) is 78.4 cm³/mol. The van der Waals surface area contributed by atoms with Crippen molar-refractivity contribution < 1.29 is 4.74 Å². The number of anilines is 1. The Morgan fingerprint density at radius 2 is 2.00 bits per heavy atom. The topological polar surface area (TPSA) is 91.7 Å². The third-order valence-electron chi connectivity index (χ3n) is 2.95. The van der Waals surface area contributed by atoms with E-state index in [-0.39, 0.29) is 0 Å². The van der Waals surface area contributed by atoms with Gasteiger partial charge in [0.25, 0.3) is 0 Å². The van der Waals surface area contributed by atoms with Crippen LogP contribution in [-0.4, -0.2) is 31.8 Å². The summed E-state index contributed by atoms with van der Waals surface area (Å²) in [6.45, 7) is 0. The molecular formula is C14H14N6O. The number of rotatable bonds is 3. The highest BCUT2D eigenvalue weighted by molar-refractivity contribution is 5.65. The molecule has 106 valence electrons. The third kappa shape index (κ3) is 2.66. The Kier molecular flexibility index (Phi) is 3.23. The normalized spacial score (nSPS) is 10.6. The van der Waals surface area contributed by atoms with Gasteiger partial charge in [-0.25, -0.2) is 15.0 Å². The van der Waals surface area contributed by atoms with Crippen LogP contribution >= 0.6 is 0 Å². The van der Waals surface area contributed by atoms with Gasteiger partial charge in [0, 0.05) is 42.7 Å². The molecule has 3 aromatic heterocycles. The molecule has 0 atom stereocenters. The van der Waals surface area contributed by atoms with Crippen LogP contribution in [0.3, 0.4) is 0 Å². The van der Waals surface area contributed by atoms with Crippen molar-refractivity contribution in [3.63, 3.8) is 0 Å². The summed E-state index contributed by atoms with van der Waals surface area (Å²) in [7, 11) is 3.42. The van der Waals surface area contributed by atoms with Crippen LogP contribution in [0.25, 0.3) is 22.6 Å². The number of nitrogens with two attached hydrogens (primary N) is 1. The second-order valence-electron chi connectivity index (χ2n) is 4.49. The summed E-state index contributed by atoms with van der Waals surface area (Å²) in [5.74, 6) is 1.45. The molecule has 3 rings (SSSR count). The molecule has 0 unspecified atom stereocenters. The van der Waals surface area contributed by atoms with Gasteiger partial charge in [-0.1, -0.05) is 0 Å². The van der Waals surface area contributed by atoms with E-state index in [0.717, 1.165) is 16.8 Å². The van der Waals surface area contributed by atoms with E-state index in [4.69, 9.17) is 10.5 Å². The Morgan fingerprint density at radius 3 is 2.62 bits per heavy atom. The molecule has 0 bridgehead atoms. The van der Waals surface area contributed by atoms with Crippen LogP contribution in [0.5, 0.6) is 5.88 Å². The van der Waals surface area contributed by atoms with Crippen molar-refractivity contribution in [1.82, 2.24) is 24.7 Å². The molecule has 3 heterocycles. The van der Waals surface area contributed by atoms with Gasteiger partial charge in [-0.3, -0.25) is 4.68 Å². The highest BCUT2D eigenvalue weighted by atomic mass is 16.5. The number of ether oxygens (including phenoxy) is 1. The Morgan fingerprint density at radius 1 is 1.14 bits per heavy atom. The highest BCUT2D eigenvalue weighted by Gasteiger charge is 2.09. The molecule has 0 spiro atoms. The van der Waals surface area contributed by atoms with Crippen molar-refractivity contribution in [2.24, 2.45) is 7.05 Å². The van der Waals surface area contributed by atoms with Gasteiger partial charge in [-0.15, -0.1) is 0 Å². The zero-order valence-corrected chi connectivity index (χ0v) is 11.7. The maximum Gasteiger partial charge on any atom is 0.212 e. The van der Waals surface area contributed by atoms with Crippen molar-refractivity contribution >= 4 is 5.82 Å². The molecule has 0 aliphatic heterocycles. The number of methoxy groups -OCH3 is 1. The summed E-state index contributed by atoms with van der Waals surface area (Å²) in [5, 5.41) is 4.13. The highest BCUT2D eigenvalue weighted by Crippen LogP contribution is 2.23. The smallest absolute Gasteiger partial charge is 0.212 e. The first-order chi connectivity index (χ1) is 10.2. The van der Waals surface area contributed by atoms with Crippen molar-refractivity contribution in [2.75, 3.05) is 12.8 Å². The van der Waals surface area contributed by atoms with E-state index in [2.05, 4.69) is 20.1 Å². The van der Waals surface area contributed by atoms with E-state index < -0.39 is 0 Å². The standard InChI is InChI=1S/C14H14N6O/c1-20-8-10(7-17-20)11-5-12(15)19-14(18-11)9-3-4-13(21-2)16-6-9/h3-8H,1-2H3,(H2,15,18,19). The van der Waals surface area contributed by atoms with Gasteiger partial charge in [0.15, 0.2) is 5.82 Å². The Bertz CT molecular complexity index is 765. The lowest BCUT2D eigenvalue weighted by molar-refractivity contribution is 0.398. The molecule has 0 aliphatic carbocycles. The minimum atomic E-state index is 0.398. The van der Waals surface area contributed by atoms with Crippen molar-refractivity contribution in [3.05, 3.63) is 36.8 Å². The number of nitrogen functional groups attached to an aromatic ring is 1. The van der Waals surface area contributed by atoms with Crippen LogP contribution in [0.4, 0.5) is 5.82 Å². The average molecular weight is 282 g/mol. The summed E-state index contributed by atoms with van der Waals surface area (Å²) in [5.41, 5.74) is 8.25. The second kappa shape index (κ2) is 5.20. The van der Waals surface area contributed by atoms with E-state index in [0.29, 0.717) is 17.5 Å². The number of nitrogens with zero attached hydrogens (tertiary/aromatic N) is 5. The first kappa shape index (κ1) is 13.0. The largest absolute Gasteiger partial charge is 0.481 e. The van der Waals surface area contributed by atoms with Crippen molar-refractivity contribution in [1.29, 1.82) is 0 Å². The van der Waals surface area contributed by atoms with Crippen LogP contribution in [-0.2, 0) is 7.05 Å². The summed E-state index contributed by atoms with van der Waals surface area (Å²) in [6, 6.07) is 5.32. The fourth-order valence-corrected chi connectivity index (χ4v) is 1.93. The average Bonchev–Trinajstić information content (AvgIpc) is 2.93. The van der Waals surface area contributed by atoms with Crippen LogP contribution in [0, 0.1) is 0 Å². The van der Waals surface area contributed by atoms with E-state index in [1.807, 2.05) is 19.3 Å². The van der Waals surface area contributed by atoms with E-state index in [1.54, 1.807) is 36.3 Å². The number of hydrogen-bond acceptors (Lipinski definition) is 6. The third-order valence-corrected chi connectivity index (χ3v) is 2.95. The van der Waals surface area contributed by atoms with E-state index >= 15 is 0 Å². The van der Waals surface area contributed by atoms with Gasteiger partial charge < -0.3 is 10.5 Å². The van der Waals surface area contributed by atoms with Gasteiger partial charge in [0.05, 0.1) is 19.0 Å². The Hall–Kier alpha value is -2.96. The Labute approximate surface area is 121 Å². The molecule has 7 nitrogen and oxygen atoms in total. The fourth-order valence-electron chi connectivity index (χ4n) is 1.93. The molecule has 0 aliphatic rings. The van der Waals surface area contributed by atoms with Crippen LogP contribution in [0.1, 0.15) is 0 Å². The molecule has 0 aromatic carbocycles. The number of pyridine rings is 1. The maximum atomic E-state index is 5.87. The summed E-state index contributed by atoms with van der Waals surface area (Å²) >= 11 is 0. The summed E-state index contributed by atoms with van der Waals surface area (Å²) in [4.78, 5) is 12.9. The zero-order valence-electron chi connectivity index (χ0n) is 11.7. The molecule has 2 N–H and O–H groups in total. The van der Waals surface area contributed by atoms with Crippen molar-refractivity contribution in [3.8, 4) is 28.5 Å². The lowest BCUT2D eigenvalue weighted by Gasteiger charge is -2.05. The van der Waals surface area contributed by atoms with Crippen LogP contribution in [0.2, 0.25) is 0 Å². The molecular weight excluding hydrogens is 268 g/mol. The second-order valence-corrected chi connectivity index (χ2v) is 4.49. The minimum Gasteiger partial charge on any atom is -0.481 e. The molecule has 0 radical (unpaired) electrons. The van der Waals surface area contributed by atoms with Gasteiger partial charge in [-0.2, -0.15) is 5.10 Å². The van der Waals surface area contributed by atoms with E-state index in [9.17, 15) is 0 Å². The molecule has 21 heavy (non-hydrogen) atoms. The summed E-state index contributed by atoms with van der Waals surface area (Å²) < 4.78 is 6.75. The van der Waals surface area contributed by atoms with Gasteiger partial charge in [0.2, 0.25) is 5.88 Å². The number of aromatic nitrogens is 5. The monoisotopic (exact) mass is 282 g/mol. The quantitative estimate of drug-likeness (QED) is 0.783. The molecule has 0 fully saturated rings. The molecule has 7 heteroatoms. The zero-order chi connectivity index (χ0) is 14.8.